The van der Waals surface area contributed by atoms with E-state index in [1.165, 1.54) is 12.8 Å². The fraction of sp³-hybridized carbons (Fsp3) is 0.800. The molecule has 1 aromatic heterocycles. The van der Waals surface area contributed by atoms with Gasteiger partial charge in [0.2, 0.25) is 11.8 Å². The Balaban J connectivity index is 1.36. The second-order valence-corrected chi connectivity index (χ2v) is 6.23. The summed E-state index contributed by atoms with van der Waals surface area (Å²) in [4.78, 5) is 16.3. The predicted octanol–water partition coefficient (Wildman–Crippen LogP) is 1.53. The average molecular weight is 292 g/mol. The van der Waals surface area contributed by atoms with Crippen LogP contribution in [0.25, 0.3) is 0 Å². The molecule has 3 rings (SSSR count). The highest BCUT2D eigenvalue weighted by Gasteiger charge is 2.28. The minimum atomic E-state index is 0.123. The summed E-state index contributed by atoms with van der Waals surface area (Å²) in [6.45, 7) is 3.18. The van der Waals surface area contributed by atoms with Crippen molar-refractivity contribution in [3.05, 3.63) is 11.7 Å². The van der Waals surface area contributed by atoms with E-state index in [1.54, 1.807) is 0 Å². The minimum absolute atomic E-state index is 0.123. The molecule has 0 aromatic carbocycles. The van der Waals surface area contributed by atoms with Crippen LogP contribution in [0.15, 0.2) is 4.52 Å². The van der Waals surface area contributed by atoms with Crippen LogP contribution in [0.4, 0.5) is 0 Å². The molecule has 21 heavy (non-hydrogen) atoms. The van der Waals surface area contributed by atoms with Crippen molar-refractivity contribution < 1.29 is 9.32 Å². The van der Waals surface area contributed by atoms with E-state index in [-0.39, 0.29) is 11.9 Å². The second-order valence-electron chi connectivity index (χ2n) is 6.23. The fourth-order valence-corrected chi connectivity index (χ4v) is 2.80. The topological polar surface area (TPSA) is 80.0 Å². The van der Waals surface area contributed by atoms with Gasteiger partial charge in [-0.25, -0.2) is 0 Å². The summed E-state index contributed by atoms with van der Waals surface area (Å²) < 4.78 is 5.21. The molecule has 2 unspecified atom stereocenters. The second kappa shape index (κ2) is 6.56. The molecule has 2 heterocycles. The highest BCUT2D eigenvalue weighted by Crippen LogP contribution is 2.38. The van der Waals surface area contributed by atoms with Crippen molar-refractivity contribution in [3.8, 4) is 0 Å². The van der Waals surface area contributed by atoms with Crippen LogP contribution in [-0.2, 0) is 11.2 Å². The molecule has 2 atom stereocenters. The normalized spacial score (nSPS) is 25.8. The van der Waals surface area contributed by atoms with Crippen molar-refractivity contribution in [2.75, 3.05) is 6.54 Å². The van der Waals surface area contributed by atoms with Gasteiger partial charge in [-0.1, -0.05) is 5.16 Å². The zero-order chi connectivity index (χ0) is 14.7. The van der Waals surface area contributed by atoms with E-state index in [0.717, 1.165) is 31.6 Å². The minimum Gasteiger partial charge on any atom is -0.352 e. The smallest absolute Gasteiger partial charge is 0.226 e. The average Bonchev–Trinajstić information content (AvgIpc) is 3.22. The maximum Gasteiger partial charge on any atom is 0.226 e. The zero-order valence-electron chi connectivity index (χ0n) is 12.6. The number of rotatable bonds is 6. The lowest BCUT2D eigenvalue weighted by Crippen LogP contribution is -2.51. The molecule has 1 aliphatic heterocycles. The molecule has 1 amide bonds. The van der Waals surface area contributed by atoms with Crippen molar-refractivity contribution in [3.63, 3.8) is 0 Å². The summed E-state index contributed by atoms with van der Waals surface area (Å²) in [5.74, 6) is 2.15. The molecule has 2 fully saturated rings. The number of carbonyl (C=O) groups is 1. The van der Waals surface area contributed by atoms with E-state index in [9.17, 15) is 4.79 Å². The molecule has 0 radical (unpaired) electrons. The van der Waals surface area contributed by atoms with Gasteiger partial charge in [0, 0.05) is 30.8 Å². The third-order valence-corrected chi connectivity index (χ3v) is 4.33. The van der Waals surface area contributed by atoms with Gasteiger partial charge < -0.3 is 15.2 Å². The van der Waals surface area contributed by atoms with Crippen molar-refractivity contribution in [2.24, 2.45) is 0 Å². The SMILES string of the molecule is CC1NCCCC1NC(=O)CCCc1nc(C2CC2)no1. The zero-order valence-corrected chi connectivity index (χ0v) is 12.6. The van der Waals surface area contributed by atoms with Gasteiger partial charge in [-0.15, -0.1) is 0 Å². The number of hydrogen-bond acceptors (Lipinski definition) is 5. The summed E-state index contributed by atoms with van der Waals surface area (Å²) in [7, 11) is 0. The quantitative estimate of drug-likeness (QED) is 0.831. The summed E-state index contributed by atoms with van der Waals surface area (Å²) in [6.07, 6.45) is 6.50. The Morgan fingerprint density at radius 1 is 1.43 bits per heavy atom. The van der Waals surface area contributed by atoms with E-state index >= 15 is 0 Å². The Labute approximate surface area is 125 Å². The maximum absolute atomic E-state index is 12.0. The van der Waals surface area contributed by atoms with Crippen LogP contribution in [0.2, 0.25) is 0 Å². The van der Waals surface area contributed by atoms with Gasteiger partial charge in [0.25, 0.3) is 0 Å². The van der Waals surface area contributed by atoms with Gasteiger partial charge in [-0.3, -0.25) is 4.79 Å². The van der Waals surface area contributed by atoms with E-state index < -0.39 is 0 Å². The van der Waals surface area contributed by atoms with E-state index in [4.69, 9.17) is 4.52 Å². The number of nitrogens with one attached hydrogen (secondary N) is 2. The molecule has 116 valence electrons. The van der Waals surface area contributed by atoms with Gasteiger partial charge in [0.15, 0.2) is 5.82 Å². The predicted molar refractivity (Wildman–Crippen MR) is 77.8 cm³/mol. The molecule has 1 saturated heterocycles. The molecule has 6 heteroatoms. The number of amides is 1. The lowest BCUT2D eigenvalue weighted by Gasteiger charge is -2.30. The van der Waals surface area contributed by atoms with E-state index in [2.05, 4.69) is 27.7 Å². The summed E-state index contributed by atoms with van der Waals surface area (Å²) in [5, 5.41) is 10.5. The molecule has 0 spiro atoms. The summed E-state index contributed by atoms with van der Waals surface area (Å²) >= 11 is 0. The Kier molecular flexibility index (Phi) is 4.53. The highest BCUT2D eigenvalue weighted by atomic mass is 16.5. The first-order valence-electron chi connectivity index (χ1n) is 8.07. The molecule has 1 saturated carbocycles. The summed E-state index contributed by atoms with van der Waals surface area (Å²) in [5.41, 5.74) is 0. The first-order valence-corrected chi connectivity index (χ1v) is 8.07. The van der Waals surface area contributed by atoms with Crippen LogP contribution in [0.5, 0.6) is 0 Å². The number of aryl methyl sites for hydroxylation is 1. The van der Waals surface area contributed by atoms with Gasteiger partial charge in [-0.2, -0.15) is 4.98 Å². The Hall–Kier alpha value is -1.43. The van der Waals surface area contributed by atoms with Gasteiger partial charge >= 0.3 is 0 Å². The first kappa shape index (κ1) is 14.5. The van der Waals surface area contributed by atoms with Gasteiger partial charge in [0.05, 0.1) is 0 Å². The van der Waals surface area contributed by atoms with Crippen molar-refractivity contribution >= 4 is 5.91 Å². The standard InChI is InChI=1S/C15H24N4O2/c1-10-12(4-3-9-16-10)17-13(20)5-2-6-14-18-15(19-21-14)11-7-8-11/h10-12,16H,2-9H2,1H3,(H,17,20). The summed E-state index contributed by atoms with van der Waals surface area (Å²) in [6, 6.07) is 0.621. The van der Waals surface area contributed by atoms with Crippen molar-refractivity contribution in [1.29, 1.82) is 0 Å². The number of nitrogens with zero attached hydrogens (tertiary/aromatic N) is 2. The Morgan fingerprint density at radius 3 is 3.05 bits per heavy atom. The van der Waals surface area contributed by atoms with Crippen LogP contribution in [0, 0.1) is 0 Å². The van der Waals surface area contributed by atoms with Crippen molar-refractivity contribution in [1.82, 2.24) is 20.8 Å². The number of piperidine rings is 1. The molecule has 1 aromatic rings. The third-order valence-electron chi connectivity index (χ3n) is 4.33. The molecular formula is C15H24N4O2. The Morgan fingerprint density at radius 2 is 2.29 bits per heavy atom. The third kappa shape index (κ3) is 4.03. The molecule has 2 aliphatic rings. The Bertz CT molecular complexity index is 484. The fourth-order valence-electron chi connectivity index (χ4n) is 2.80. The van der Waals surface area contributed by atoms with Crippen LogP contribution < -0.4 is 10.6 Å². The van der Waals surface area contributed by atoms with Crippen LogP contribution >= 0.6 is 0 Å². The van der Waals surface area contributed by atoms with Gasteiger partial charge in [0.1, 0.15) is 0 Å². The van der Waals surface area contributed by atoms with Crippen LogP contribution in [0.3, 0.4) is 0 Å². The van der Waals surface area contributed by atoms with E-state index in [1.807, 2.05) is 0 Å². The lowest BCUT2D eigenvalue weighted by atomic mass is 9.99. The molecule has 6 nitrogen and oxygen atoms in total. The van der Waals surface area contributed by atoms with Crippen LogP contribution in [0.1, 0.15) is 63.1 Å². The maximum atomic E-state index is 12.0. The molecule has 1 aliphatic carbocycles. The number of carbonyl (C=O) groups excluding carboxylic acids is 1. The lowest BCUT2D eigenvalue weighted by molar-refractivity contribution is -0.122. The first-order chi connectivity index (χ1) is 10.2. The largest absolute Gasteiger partial charge is 0.352 e. The highest BCUT2D eigenvalue weighted by molar-refractivity contribution is 5.76. The van der Waals surface area contributed by atoms with E-state index in [0.29, 0.717) is 30.7 Å². The monoisotopic (exact) mass is 292 g/mol. The molecule has 0 bridgehead atoms. The number of aromatic nitrogens is 2. The number of hydrogen-bond donors (Lipinski definition) is 2. The van der Waals surface area contributed by atoms with Crippen LogP contribution in [-0.4, -0.2) is 34.7 Å². The van der Waals surface area contributed by atoms with Gasteiger partial charge in [-0.05, 0) is 45.6 Å². The molecular weight excluding hydrogens is 268 g/mol. The molecule has 2 N–H and O–H groups in total. The van der Waals surface area contributed by atoms with Crippen molar-refractivity contribution in [2.45, 2.75) is 69.9 Å².